The molecule has 0 radical (unpaired) electrons. The van der Waals surface area contributed by atoms with Gasteiger partial charge in [0, 0.05) is 6.54 Å². The molecule has 0 saturated heterocycles. The van der Waals surface area contributed by atoms with Gasteiger partial charge in [0.1, 0.15) is 11.5 Å². The van der Waals surface area contributed by atoms with Crippen LogP contribution in [0.15, 0.2) is 78.9 Å². The fourth-order valence-corrected chi connectivity index (χ4v) is 3.86. The number of hydrogen-bond acceptors (Lipinski definition) is 3. The molecule has 0 aliphatic rings. The van der Waals surface area contributed by atoms with E-state index in [-0.39, 0.29) is 6.10 Å². The van der Waals surface area contributed by atoms with Crippen LogP contribution >= 0.6 is 11.6 Å². The highest BCUT2D eigenvalue weighted by molar-refractivity contribution is 6.32. The molecule has 0 aliphatic heterocycles. The molecule has 31 heavy (non-hydrogen) atoms. The number of nitrogens with zero attached hydrogens (tertiary/aromatic N) is 2. The van der Waals surface area contributed by atoms with Crippen LogP contribution in [0.1, 0.15) is 38.1 Å². The summed E-state index contributed by atoms with van der Waals surface area (Å²) in [5.74, 6) is 2.57. The second kappa shape index (κ2) is 10.4. The molecular weight excluding hydrogens is 408 g/mol. The topological polar surface area (TPSA) is 36.3 Å². The molecule has 4 aromatic rings. The molecule has 0 spiro atoms. The average Bonchev–Trinajstić information content (AvgIpc) is 3.17. The third-order valence-corrected chi connectivity index (χ3v) is 5.55. The van der Waals surface area contributed by atoms with E-state index in [0.29, 0.717) is 11.6 Å². The first-order valence-electron chi connectivity index (χ1n) is 10.8. The van der Waals surface area contributed by atoms with E-state index < -0.39 is 0 Å². The van der Waals surface area contributed by atoms with Crippen molar-refractivity contribution in [2.45, 2.75) is 38.8 Å². The second-order valence-corrected chi connectivity index (χ2v) is 7.83. The summed E-state index contributed by atoms with van der Waals surface area (Å²) in [4.78, 5) is 4.93. The molecule has 160 valence electrons. The third kappa shape index (κ3) is 5.20. The van der Waals surface area contributed by atoms with Gasteiger partial charge in [-0.05, 0) is 55.7 Å². The summed E-state index contributed by atoms with van der Waals surface area (Å²) in [5.41, 5.74) is 2.14. The molecule has 0 bridgehead atoms. The smallest absolute Gasteiger partial charge is 0.156 e. The quantitative estimate of drug-likeness (QED) is 0.250. The zero-order valence-electron chi connectivity index (χ0n) is 17.7. The van der Waals surface area contributed by atoms with Crippen molar-refractivity contribution in [3.05, 3.63) is 89.7 Å². The Morgan fingerprint density at radius 3 is 2.45 bits per heavy atom. The Hall–Kier alpha value is -2.98. The largest absolute Gasteiger partial charge is 0.492 e. The van der Waals surface area contributed by atoms with Crippen LogP contribution in [0.5, 0.6) is 11.5 Å². The molecule has 5 heteroatoms. The average molecular weight is 435 g/mol. The SMILES string of the molecule is CCC(Oc1ccccc1)c1nc2ccccc2n1CCCCOc1ccccc1Cl. The van der Waals surface area contributed by atoms with Gasteiger partial charge in [0.05, 0.1) is 22.7 Å². The predicted octanol–water partition coefficient (Wildman–Crippen LogP) is 7.08. The van der Waals surface area contributed by atoms with E-state index in [0.717, 1.165) is 54.2 Å². The molecule has 0 N–H and O–H groups in total. The summed E-state index contributed by atoms with van der Waals surface area (Å²) < 4.78 is 14.4. The van der Waals surface area contributed by atoms with E-state index in [1.54, 1.807) is 0 Å². The number of hydrogen-bond donors (Lipinski definition) is 0. The summed E-state index contributed by atoms with van der Waals surface area (Å²) in [5, 5.41) is 0.647. The number of unbranched alkanes of at least 4 members (excludes halogenated alkanes) is 1. The fraction of sp³-hybridized carbons (Fsp3) is 0.269. The molecule has 0 saturated carbocycles. The van der Waals surface area contributed by atoms with Gasteiger partial charge in [-0.2, -0.15) is 0 Å². The maximum atomic E-state index is 6.30. The van der Waals surface area contributed by atoms with Gasteiger partial charge < -0.3 is 14.0 Å². The number of aromatic nitrogens is 2. The molecule has 1 atom stereocenters. The first kappa shape index (κ1) is 21.3. The van der Waals surface area contributed by atoms with Gasteiger partial charge in [-0.25, -0.2) is 4.98 Å². The maximum absolute atomic E-state index is 6.30. The lowest BCUT2D eigenvalue weighted by Gasteiger charge is -2.19. The summed E-state index contributed by atoms with van der Waals surface area (Å²) in [6, 6.07) is 25.8. The third-order valence-electron chi connectivity index (χ3n) is 5.23. The van der Waals surface area contributed by atoms with E-state index in [1.165, 1.54) is 0 Å². The Morgan fingerprint density at radius 1 is 0.903 bits per heavy atom. The molecule has 4 rings (SSSR count). The van der Waals surface area contributed by atoms with Crippen LogP contribution in [-0.2, 0) is 6.54 Å². The van der Waals surface area contributed by atoms with E-state index in [1.807, 2.05) is 60.7 Å². The van der Waals surface area contributed by atoms with Crippen LogP contribution in [-0.4, -0.2) is 16.2 Å². The number of halogens is 1. The fourth-order valence-electron chi connectivity index (χ4n) is 3.67. The van der Waals surface area contributed by atoms with E-state index in [4.69, 9.17) is 26.1 Å². The van der Waals surface area contributed by atoms with E-state index in [9.17, 15) is 0 Å². The molecule has 0 aliphatic carbocycles. The van der Waals surface area contributed by atoms with Crippen molar-refractivity contribution in [1.29, 1.82) is 0 Å². The minimum Gasteiger partial charge on any atom is -0.492 e. The number of imidazole rings is 1. The molecule has 1 aromatic heterocycles. The molecule has 1 heterocycles. The zero-order chi connectivity index (χ0) is 21.5. The monoisotopic (exact) mass is 434 g/mol. The lowest BCUT2D eigenvalue weighted by Crippen LogP contribution is -2.14. The molecule has 1 unspecified atom stereocenters. The standard InChI is InChI=1S/C26H27ClN2O2/c1-2-24(31-20-12-4-3-5-13-20)26-28-22-15-7-8-16-23(22)29(26)18-10-11-19-30-25-17-9-6-14-21(25)27/h3-9,12-17,24H,2,10-11,18-19H2,1H3. The summed E-state index contributed by atoms with van der Waals surface area (Å²) in [7, 11) is 0. The van der Waals surface area contributed by atoms with Crippen molar-refractivity contribution in [1.82, 2.24) is 9.55 Å². The normalized spacial score (nSPS) is 12.1. The van der Waals surface area contributed by atoms with Crippen LogP contribution in [0.25, 0.3) is 11.0 Å². The number of aryl methyl sites for hydroxylation is 1. The Labute approximate surface area is 188 Å². The minimum absolute atomic E-state index is 0.103. The van der Waals surface area contributed by atoms with Crippen LogP contribution in [0.3, 0.4) is 0 Å². The first-order valence-corrected chi connectivity index (χ1v) is 11.2. The van der Waals surface area contributed by atoms with Gasteiger partial charge in [-0.3, -0.25) is 0 Å². The summed E-state index contributed by atoms with van der Waals surface area (Å²) in [6.45, 7) is 3.62. The van der Waals surface area contributed by atoms with Crippen molar-refractivity contribution in [2.24, 2.45) is 0 Å². The van der Waals surface area contributed by atoms with Crippen molar-refractivity contribution >= 4 is 22.6 Å². The van der Waals surface area contributed by atoms with Gasteiger partial charge in [0.2, 0.25) is 0 Å². The zero-order valence-corrected chi connectivity index (χ0v) is 18.5. The Morgan fingerprint density at radius 2 is 1.65 bits per heavy atom. The van der Waals surface area contributed by atoms with Gasteiger partial charge in [-0.1, -0.05) is 61.0 Å². The molecular formula is C26H27ClN2O2. The van der Waals surface area contributed by atoms with Crippen LogP contribution in [0, 0.1) is 0 Å². The van der Waals surface area contributed by atoms with E-state index >= 15 is 0 Å². The van der Waals surface area contributed by atoms with Gasteiger partial charge >= 0.3 is 0 Å². The number of ether oxygens (including phenoxy) is 2. The van der Waals surface area contributed by atoms with Crippen molar-refractivity contribution < 1.29 is 9.47 Å². The van der Waals surface area contributed by atoms with Crippen LogP contribution < -0.4 is 9.47 Å². The van der Waals surface area contributed by atoms with Crippen molar-refractivity contribution in [2.75, 3.05) is 6.61 Å². The van der Waals surface area contributed by atoms with Gasteiger partial charge in [0.25, 0.3) is 0 Å². The lowest BCUT2D eigenvalue weighted by molar-refractivity contribution is 0.186. The molecule has 3 aromatic carbocycles. The Kier molecular flexibility index (Phi) is 7.11. The molecule has 0 fully saturated rings. The summed E-state index contributed by atoms with van der Waals surface area (Å²) in [6.07, 6.45) is 2.63. The van der Waals surface area contributed by atoms with Crippen LogP contribution in [0.2, 0.25) is 5.02 Å². The highest BCUT2D eigenvalue weighted by Crippen LogP contribution is 2.28. The van der Waals surface area contributed by atoms with E-state index in [2.05, 4.69) is 29.7 Å². The van der Waals surface area contributed by atoms with Crippen molar-refractivity contribution in [3.63, 3.8) is 0 Å². The van der Waals surface area contributed by atoms with Crippen LogP contribution in [0.4, 0.5) is 0 Å². The number of rotatable bonds is 10. The van der Waals surface area contributed by atoms with Gasteiger partial charge in [0.15, 0.2) is 11.9 Å². The minimum atomic E-state index is -0.103. The Balaban J connectivity index is 1.46. The Bertz CT molecular complexity index is 1110. The highest BCUT2D eigenvalue weighted by Gasteiger charge is 2.20. The summed E-state index contributed by atoms with van der Waals surface area (Å²) >= 11 is 6.17. The van der Waals surface area contributed by atoms with Crippen molar-refractivity contribution in [3.8, 4) is 11.5 Å². The molecule has 0 amide bonds. The number of fused-ring (bicyclic) bond motifs is 1. The number of benzene rings is 3. The number of para-hydroxylation sites is 4. The molecule has 4 nitrogen and oxygen atoms in total. The highest BCUT2D eigenvalue weighted by atomic mass is 35.5. The first-order chi connectivity index (χ1) is 15.3. The lowest BCUT2D eigenvalue weighted by atomic mass is 10.2. The second-order valence-electron chi connectivity index (χ2n) is 7.42. The predicted molar refractivity (Wildman–Crippen MR) is 126 cm³/mol. The van der Waals surface area contributed by atoms with Gasteiger partial charge in [-0.15, -0.1) is 0 Å². The maximum Gasteiger partial charge on any atom is 0.156 e.